The first-order valence-corrected chi connectivity index (χ1v) is 18.2. The van der Waals surface area contributed by atoms with E-state index in [0.29, 0.717) is 0 Å². The third-order valence-corrected chi connectivity index (χ3v) is 8.10. The van der Waals surface area contributed by atoms with E-state index in [-0.39, 0.29) is 0 Å². The van der Waals surface area contributed by atoms with Gasteiger partial charge in [0.05, 0.1) is 0 Å². The summed E-state index contributed by atoms with van der Waals surface area (Å²) >= 11 is 6.97. The molecule has 0 bridgehead atoms. The van der Waals surface area contributed by atoms with Gasteiger partial charge in [-0.3, -0.25) is 0 Å². The molecule has 0 aliphatic heterocycles. The van der Waals surface area contributed by atoms with E-state index in [1.807, 2.05) is 0 Å². The second-order valence-corrected chi connectivity index (χ2v) is 12.2. The summed E-state index contributed by atoms with van der Waals surface area (Å²) in [6.45, 7) is 4.58. The largest absolute Gasteiger partial charge is 0.0928 e. The SMILES string of the molecule is CCCCCCCCCCCCCCCCBr.CCCCCCCCCCCCCCCCBr. The Balaban J connectivity index is 0. The van der Waals surface area contributed by atoms with E-state index in [0.717, 1.165) is 0 Å². The number of rotatable bonds is 28. The number of unbranched alkanes of at least 4 members (excludes halogenated alkanes) is 26. The standard InChI is InChI=1S/2C16H33Br/c2*1-2-3-4-5-6-7-8-9-10-11-12-13-14-15-16-17/h2*2-16H2,1H3. The second kappa shape index (κ2) is 38.5. The van der Waals surface area contributed by atoms with Crippen molar-refractivity contribution >= 4 is 31.9 Å². The zero-order valence-corrected chi connectivity index (χ0v) is 27.1. The van der Waals surface area contributed by atoms with Crippen LogP contribution in [0, 0.1) is 0 Å². The van der Waals surface area contributed by atoms with E-state index >= 15 is 0 Å². The van der Waals surface area contributed by atoms with Crippen LogP contribution in [-0.2, 0) is 0 Å². The fraction of sp³-hybridized carbons (Fsp3) is 1.00. The molecule has 0 heterocycles. The summed E-state index contributed by atoms with van der Waals surface area (Å²) in [5.74, 6) is 0. The normalized spacial score (nSPS) is 10.9. The van der Waals surface area contributed by atoms with Gasteiger partial charge in [-0.1, -0.05) is 213 Å². The first kappa shape index (κ1) is 37.1. The molecule has 0 aliphatic rings. The van der Waals surface area contributed by atoms with Crippen molar-refractivity contribution in [2.45, 2.75) is 194 Å². The maximum atomic E-state index is 3.48. The smallest absolute Gasteiger partial charge is 0.00313 e. The lowest BCUT2D eigenvalue weighted by Gasteiger charge is -2.02. The third kappa shape index (κ3) is 40.1. The average molecular weight is 611 g/mol. The van der Waals surface area contributed by atoms with Crippen molar-refractivity contribution in [3.05, 3.63) is 0 Å². The van der Waals surface area contributed by atoms with Crippen LogP contribution in [0.4, 0.5) is 0 Å². The molecule has 208 valence electrons. The highest BCUT2D eigenvalue weighted by molar-refractivity contribution is 9.09. The minimum Gasteiger partial charge on any atom is -0.0928 e. The molecular formula is C32H66Br2. The molecule has 0 aromatic carbocycles. The average Bonchev–Trinajstić information content (AvgIpc) is 2.85. The third-order valence-electron chi connectivity index (χ3n) is 6.97. The summed E-state index contributed by atoms with van der Waals surface area (Å²) in [4.78, 5) is 0. The van der Waals surface area contributed by atoms with Gasteiger partial charge in [-0.15, -0.1) is 0 Å². The minimum absolute atomic E-state index is 1.19. The molecule has 0 saturated carbocycles. The summed E-state index contributed by atoms with van der Waals surface area (Å²) in [5, 5.41) is 2.37. The molecule has 0 atom stereocenters. The molecule has 0 aromatic heterocycles. The van der Waals surface area contributed by atoms with Gasteiger partial charge < -0.3 is 0 Å². The van der Waals surface area contributed by atoms with Crippen LogP contribution in [0.5, 0.6) is 0 Å². The highest BCUT2D eigenvalue weighted by Crippen LogP contribution is 2.14. The zero-order valence-electron chi connectivity index (χ0n) is 24.0. The van der Waals surface area contributed by atoms with Gasteiger partial charge in [0.2, 0.25) is 0 Å². The van der Waals surface area contributed by atoms with Crippen molar-refractivity contribution in [3.63, 3.8) is 0 Å². The van der Waals surface area contributed by atoms with Crippen molar-refractivity contribution in [2.24, 2.45) is 0 Å². The summed E-state index contributed by atoms with van der Waals surface area (Å²) in [7, 11) is 0. The molecule has 0 radical (unpaired) electrons. The molecule has 0 N–H and O–H groups in total. The Morgan fingerprint density at radius 3 is 0.529 bits per heavy atom. The number of hydrogen-bond acceptors (Lipinski definition) is 0. The minimum atomic E-state index is 1.19. The Morgan fingerprint density at radius 1 is 0.235 bits per heavy atom. The monoisotopic (exact) mass is 608 g/mol. The van der Waals surface area contributed by atoms with Crippen LogP contribution in [0.2, 0.25) is 0 Å². The van der Waals surface area contributed by atoms with Crippen LogP contribution in [0.25, 0.3) is 0 Å². The zero-order chi connectivity index (χ0) is 25.2. The number of alkyl halides is 2. The van der Waals surface area contributed by atoms with Crippen LogP contribution in [0.3, 0.4) is 0 Å². The fourth-order valence-electron chi connectivity index (χ4n) is 4.58. The van der Waals surface area contributed by atoms with Crippen LogP contribution in [0.1, 0.15) is 194 Å². The maximum Gasteiger partial charge on any atom is 0.00313 e. The molecule has 0 spiro atoms. The van der Waals surface area contributed by atoms with E-state index in [9.17, 15) is 0 Å². The van der Waals surface area contributed by atoms with Crippen molar-refractivity contribution in [1.82, 2.24) is 0 Å². The molecule has 34 heavy (non-hydrogen) atoms. The predicted octanol–water partition coefficient (Wildman–Crippen LogP) is 13.7. The topological polar surface area (TPSA) is 0 Å². The molecule has 0 amide bonds. The summed E-state index contributed by atoms with van der Waals surface area (Å²) < 4.78 is 0. The van der Waals surface area contributed by atoms with E-state index in [1.54, 1.807) is 0 Å². The Bertz CT molecular complexity index is 247. The summed E-state index contributed by atoms with van der Waals surface area (Å²) in [5.41, 5.74) is 0. The highest BCUT2D eigenvalue weighted by atomic mass is 79.9. The first-order chi connectivity index (χ1) is 16.8. The van der Waals surface area contributed by atoms with Crippen molar-refractivity contribution in [2.75, 3.05) is 10.7 Å². The van der Waals surface area contributed by atoms with E-state index in [2.05, 4.69) is 45.7 Å². The lowest BCUT2D eigenvalue weighted by atomic mass is 10.0. The van der Waals surface area contributed by atoms with Gasteiger partial charge in [-0.25, -0.2) is 0 Å². The van der Waals surface area contributed by atoms with Gasteiger partial charge in [-0.05, 0) is 12.8 Å². The predicted molar refractivity (Wildman–Crippen MR) is 168 cm³/mol. The lowest BCUT2D eigenvalue weighted by molar-refractivity contribution is 0.538. The van der Waals surface area contributed by atoms with Crippen LogP contribution < -0.4 is 0 Å². The van der Waals surface area contributed by atoms with Crippen LogP contribution in [-0.4, -0.2) is 10.7 Å². The molecule has 0 saturated heterocycles. The van der Waals surface area contributed by atoms with Crippen molar-refractivity contribution in [1.29, 1.82) is 0 Å². The van der Waals surface area contributed by atoms with Gasteiger partial charge in [0.25, 0.3) is 0 Å². The Labute approximate surface area is 235 Å². The Morgan fingerprint density at radius 2 is 0.382 bits per heavy atom. The van der Waals surface area contributed by atoms with Gasteiger partial charge in [0.15, 0.2) is 0 Å². The molecule has 0 aromatic rings. The van der Waals surface area contributed by atoms with E-state index in [1.165, 1.54) is 190 Å². The quantitative estimate of drug-likeness (QED) is 0.0611. The summed E-state index contributed by atoms with van der Waals surface area (Å²) in [6, 6.07) is 0. The molecule has 0 nitrogen and oxygen atoms in total. The Kier molecular flexibility index (Phi) is 42.0. The van der Waals surface area contributed by atoms with Crippen LogP contribution in [0.15, 0.2) is 0 Å². The van der Waals surface area contributed by atoms with Crippen molar-refractivity contribution < 1.29 is 0 Å². The summed E-state index contributed by atoms with van der Waals surface area (Å²) in [6.07, 6.45) is 40.6. The first-order valence-electron chi connectivity index (χ1n) is 15.9. The van der Waals surface area contributed by atoms with Gasteiger partial charge >= 0.3 is 0 Å². The highest BCUT2D eigenvalue weighted by Gasteiger charge is 1.94. The van der Waals surface area contributed by atoms with Gasteiger partial charge in [0.1, 0.15) is 0 Å². The lowest BCUT2D eigenvalue weighted by Crippen LogP contribution is -1.83. The van der Waals surface area contributed by atoms with Crippen molar-refractivity contribution in [3.8, 4) is 0 Å². The molecule has 0 unspecified atom stereocenters. The molecule has 0 aliphatic carbocycles. The van der Waals surface area contributed by atoms with Gasteiger partial charge in [-0.2, -0.15) is 0 Å². The second-order valence-electron chi connectivity index (χ2n) is 10.6. The number of halogens is 2. The molecular weight excluding hydrogens is 544 g/mol. The van der Waals surface area contributed by atoms with Gasteiger partial charge in [0, 0.05) is 10.7 Å². The molecule has 0 fully saturated rings. The van der Waals surface area contributed by atoms with Crippen LogP contribution >= 0.6 is 31.9 Å². The maximum absolute atomic E-state index is 3.48. The molecule has 2 heteroatoms. The molecule has 0 rings (SSSR count). The Hall–Kier alpha value is 0.960. The fourth-order valence-corrected chi connectivity index (χ4v) is 5.37. The number of hydrogen-bond donors (Lipinski definition) is 0. The van der Waals surface area contributed by atoms with E-state index < -0.39 is 0 Å². The van der Waals surface area contributed by atoms with E-state index in [4.69, 9.17) is 0 Å².